The molecular weight excluding hydrogens is 159 g/mol. The van der Waals surface area contributed by atoms with Crippen LogP contribution in [0, 0.1) is 0 Å². The molecule has 1 aromatic rings. The first-order chi connectivity index (χ1) is 5.91. The number of benzene rings is 1. The van der Waals surface area contributed by atoms with Crippen molar-refractivity contribution >= 4 is 12.4 Å². The van der Waals surface area contributed by atoms with Crippen LogP contribution < -0.4 is 5.46 Å². The predicted octanol–water partition coefficient (Wildman–Crippen LogP) is 1.80. The summed E-state index contributed by atoms with van der Waals surface area (Å²) in [5.41, 5.74) is 2.42. The first kappa shape index (κ1) is 10.3. The van der Waals surface area contributed by atoms with Gasteiger partial charge in [0.15, 0.2) is 0 Å². The van der Waals surface area contributed by atoms with E-state index in [1.54, 1.807) is 6.82 Å². The van der Waals surface area contributed by atoms with Gasteiger partial charge in [0.05, 0.1) is 0 Å². The third-order valence-electron chi connectivity index (χ3n) is 2.24. The fraction of sp³-hybridized carbons (Fsp3) is 0.455. The summed E-state index contributed by atoms with van der Waals surface area (Å²) in [5.74, 6) is 0. The van der Waals surface area contributed by atoms with E-state index < -0.39 is 0 Å². The van der Waals surface area contributed by atoms with Crippen LogP contribution in [-0.4, -0.2) is 11.9 Å². The Bertz CT molecular complexity index is 286. The first-order valence-corrected chi connectivity index (χ1v) is 4.70. The van der Waals surface area contributed by atoms with Gasteiger partial charge in [-0.05, 0) is 16.4 Å². The van der Waals surface area contributed by atoms with E-state index in [0.717, 1.165) is 5.46 Å². The fourth-order valence-corrected chi connectivity index (χ4v) is 1.27. The highest BCUT2D eigenvalue weighted by molar-refractivity contribution is 6.64. The smallest absolute Gasteiger partial charge is 0.320 e. The highest BCUT2D eigenvalue weighted by atomic mass is 16.2. The molecule has 0 bridgehead atoms. The molecule has 2 heteroatoms. The van der Waals surface area contributed by atoms with Gasteiger partial charge in [-0.15, -0.1) is 0 Å². The van der Waals surface area contributed by atoms with E-state index in [9.17, 15) is 5.02 Å². The zero-order valence-corrected chi connectivity index (χ0v) is 8.83. The fourth-order valence-electron chi connectivity index (χ4n) is 1.27. The Labute approximate surface area is 80.9 Å². The Morgan fingerprint density at radius 1 is 1.23 bits per heavy atom. The Kier molecular flexibility index (Phi) is 2.82. The minimum Gasteiger partial charge on any atom is -0.447 e. The van der Waals surface area contributed by atoms with Crippen molar-refractivity contribution in [3.63, 3.8) is 0 Å². The molecule has 0 aromatic heterocycles. The molecule has 13 heavy (non-hydrogen) atoms. The molecule has 0 aliphatic heterocycles. The number of hydrogen-bond acceptors (Lipinski definition) is 1. The molecule has 0 aliphatic carbocycles. The van der Waals surface area contributed by atoms with Crippen molar-refractivity contribution in [3.05, 3.63) is 29.8 Å². The molecule has 0 saturated carbocycles. The standard InChI is InChI=1S/C11H17BO/c1-11(2,3)9-6-5-7-10(8-9)12(4)13/h5-8,13H,1-4H3. The lowest BCUT2D eigenvalue weighted by Gasteiger charge is -2.19. The van der Waals surface area contributed by atoms with E-state index in [1.807, 2.05) is 12.1 Å². The van der Waals surface area contributed by atoms with Crippen molar-refractivity contribution in [2.75, 3.05) is 0 Å². The van der Waals surface area contributed by atoms with Crippen LogP contribution in [0.2, 0.25) is 6.82 Å². The second-order valence-electron chi connectivity index (χ2n) is 4.55. The molecule has 1 aromatic carbocycles. The van der Waals surface area contributed by atoms with Gasteiger partial charge in [0, 0.05) is 0 Å². The highest BCUT2D eigenvalue weighted by Gasteiger charge is 2.15. The van der Waals surface area contributed by atoms with Gasteiger partial charge in [0.2, 0.25) is 0 Å². The summed E-state index contributed by atoms with van der Waals surface area (Å²) in [6.07, 6.45) is 0. The zero-order valence-electron chi connectivity index (χ0n) is 8.83. The molecule has 0 amide bonds. The SMILES string of the molecule is CB(O)c1cccc(C(C)(C)C)c1. The summed E-state index contributed by atoms with van der Waals surface area (Å²) in [6.45, 7) is 7.94. The van der Waals surface area contributed by atoms with Gasteiger partial charge in [-0.3, -0.25) is 0 Å². The molecule has 0 unspecified atom stereocenters. The lowest BCUT2D eigenvalue weighted by Crippen LogP contribution is -2.27. The Balaban J connectivity index is 3.06. The van der Waals surface area contributed by atoms with Crippen molar-refractivity contribution in [1.82, 2.24) is 0 Å². The van der Waals surface area contributed by atoms with E-state index in [0.29, 0.717) is 0 Å². The largest absolute Gasteiger partial charge is 0.447 e. The van der Waals surface area contributed by atoms with Crippen molar-refractivity contribution in [3.8, 4) is 0 Å². The van der Waals surface area contributed by atoms with Crippen LogP contribution >= 0.6 is 0 Å². The van der Waals surface area contributed by atoms with Crippen LogP contribution in [0.1, 0.15) is 26.3 Å². The topological polar surface area (TPSA) is 20.2 Å². The van der Waals surface area contributed by atoms with E-state index in [4.69, 9.17) is 0 Å². The molecule has 0 aliphatic rings. The second-order valence-corrected chi connectivity index (χ2v) is 4.55. The van der Waals surface area contributed by atoms with Crippen LogP contribution in [0.25, 0.3) is 0 Å². The number of hydrogen-bond donors (Lipinski definition) is 1. The minimum absolute atomic E-state index is 0.158. The molecule has 0 spiro atoms. The van der Waals surface area contributed by atoms with Crippen molar-refractivity contribution in [1.29, 1.82) is 0 Å². The molecule has 0 fully saturated rings. The van der Waals surface area contributed by atoms with E-state index in [1.165, 1.54) is 5.56 Å². The average Bonchev–Trinajstić information content (AvgIpc) is 2.03. The lowest BCUT2D eigenvalue weighted by molar-refractivity contribution is 0.587. The minimum atomic E-state index is -0.373. The van der Waals surface area contributed by atoms with Crippen LogP contribution in [-0.2, 0) is 5.41 Å². The predicted molar refractivity (Wildman–Crippen MR) is 58.6 cm³/mol. The van der Waals surface area contributed by atoms with Crippen LogP contribution in [0.5, 0.6) is 0 Å². The summed E-state index contributed by atoms with van der Waals surface area (Å²) >= 11 is 0. The maximum atomic E-state index is 9.41. The summed E-state index contributed by atoms with van der Waals surface area (Å²) in [4.78, 5) is 0. The number of rotatable bonds is 1. The Morgan fingerprint density at radius 3 is 2.31 bits per heavy atom. The molecule has 0 heterocycles. The van der Waals surface area contributed by atoms with Crippen LogP contribution in [0.15, 0.2) is 24.3 Å². The maximum absolute atomic E-state index is 9.41. The summed E-state index contributed by atoms with van der Waals surface area (Å²) in [7, 11) is 0. The normalized spacial score (nSPS) is 11.5. The summed E-state index contributed by atoms with van der Waals surface area (Å²) in [5, 5.41) is 9.41. The van der Waals surface area contributed by atoms with Gasteiger partial charge in [0.25, 0.3) is 0 Å². The molecule has 0 saturated heterocycles. The van der Waals surface area contributed by atoms with Crippen molar-refractivity contribution < 1.29 is 5.02 Å². The van der Waals surface area contributed by atoms with Gasteiger partial charge in [-0.1, -0.05) is 51.9 Å². The molecular formula is C11H17BO. The highest BCUT2D eigenvalue weighted by Crippen LogP contribution is 2.20. The molecule has 0 atom stereocenters. The molecule has 70 valence electrons. The maximum Gasteiger partial charge on any atom is 0.320 e. The third-order valence-corrected chi connectivity index (χ3v) is 2.24. The lowest BCUT2D eigenvalue weighted by atomic mass is 9.63. The van der Waals surface area contributed by atoms with Crippen LogP contribution in [0.4, 0.5) is 0 Å². The van der Waals surface area contributed by atoms with E-state index >= 15 is 0 Å². The van der Waals surface area contributed by atoms with Crippen LogP contribution in [0.3, 0.4) is 0 Å². The van der Waals surface area contributed by atoms with Gasteiger partial charge in [0.1, 0.15) is 0 Å². The van der Waals surface area contributed by atoms with Gasteiger partial charge in [-0.25, -0.2) is 0 Å². The van der Waals surface area contributed by atoms with E-state index in [-0.39, 0.29) is 12.3 Å². The molecule has 1 nitrogen and oxygen atoms in total. The molecule has 1 rings (SSSR count). The summed E-state index contributed by atoms with van der Waals surface area (Å²) in [6, 6.07) is 8.14. The van der Waals surface area contributed by atoms with Gasteiger partial charge >= 0.3 is 6.92 Å². The van der Waals surface area contributed by atoms with Crippen molar-refractivity contribution in [2.45, 2.75) is 33.0 Å². The Morgan fingerprint density at radius 2 is 1.85 bits per heavy atom. The second kappa shape index (κ2) is 3.55. The van der Waals surface area contributed by atoms with E-state index in [2.05, 4.69) is 32.9 Å². The first-order valence-electron chi connectivity index (χ1n) is 4.70. The Hall–Kier alpha value is -0.755. The summed E-state index contributed by atoms with van der Waals surface area (Å²) < 4.78 is 0. The van der Waals surface area contributed by atoms with Gasteiger partial charge in [-0.2, -0.15) is 0 Å². The molecule has 1 N–H and O–H groups in total. The van der Waals surface area contributed by atoms with Crippen molar-refractivity contribution in [2.24, 2.45) is 0 Å². The molecule has 0 radical (unpaired) electrons. The quantitative estimate of drug-likeness (QED) is 0.647. The average molecular weight is 176 g/mol. The third kappa shape index (κ3) is 2.59. The van der Waals surface area contributed by atoms with Gasteiger partial charge < -0.3 is 5.02 Å². The zero-order chi connectivity index (χ0) is 10.1. The monoisotopic (exact) mass is 176 g/mol.